The molecule has 1 unspecified atom stereocenters. The maximum Gasteiger partial charge on any atom is 0.220 e. The summed E-state index contributed by atoms with van der Waals surface area (Å²) in [6, 6.07) is 7.35. The summed E-state index contributed by atoms with van der Waals surface area (Å²) >= 11 is 0. The zero-order valence-electron chi connectivity index (χ0n) is 14.5. The van der Waals surface area contributed by atoms with Crippen LogP contribution in [0.3, 0.4) is 0 Å². The van der Waals surface area contributed by atoms with Gasteiger partial charge in [0.15, 0.2) is 0 Å². The molecule has 0 aromatic heterocycles. The number of nitrogens with one attached hydrogen (secondary N) is 1. The summed E-state index contributed by atoms with van der Waals surface area (Å²) in [6.07, 6.45) is 8.91. The molecule has 1 saturated carbocycles. The molecule has 1 aromatic carbocycles. The number of amides is 1. The minimum Gasteiger partial charge on any atom is -0.356 e. The summed E-state index contributed by atoms with van der Waals surface area (Å²) in [5.74, 6) is 0.558. The largest absolute Gasteiger partial charge is 0.356 e. The normalized spacial score (nSPS) is 22.1. The molecule has 2 fully saturated rings. The number of hydrogen-bond donors (Lipinski definition) is 1. The van der Waals surface area contributed by atoms with E-state index in [0.29, 0.717) is 12.3 Å². The number of nitrogens with zero attached hydrogens (tertiary/aromatic N) is 1. The Labute approximate surface area is 144 Å². The fraction of sp³-hybridized carbons (Fsp3) is 0.650. The highest BCUT2D eigenvalue weighted by Crippen LogP contribution is 2.28. The van der Waals surface area contributed by atoms with Gasteiger partial charge in [0, 0.05) is 25.6 Å². The molecule has 0 radical (unpaired) electrons. The summed E-state index contributed by atoms with van der Waals surface area (Å²) in [4.78, 5) is 14.6. The molecular weight excluding hydrogens is 303 g/mol. The SMILES string of the molecule is O=C(CCCc1ccc(F)cc1)NCC1CCN(C2CCCC2)C1. The van der Waals surface area contributed by atoms with Crippen molar-refractivity contribution in [3.8, 4) is 0 Å². The fourth-order valence-electron chi connectivity index (χ4n) is 4.08. The summed E-state index contributed by atoms with van der Waals surface area (Å²) in [7, 11) is 0. The van der Waals surface area contributed by atoms with Gasteiger partial charge in [-0.1, -0.05) is 25.0 Å². The predicted molar refractivity (Wildman–Crippen MR) is 94.3 cm³/mol. The Morgan fingerprint density at radius 2 is 1.92 bits per heavy atom. The van der Waals surface area contributed by atoms with Crippen LogP contribution in [0.4, 0.5) is 4.39 Å². The lowest BCUT2D eigenvalue weighted by Crippen LogP contribution is -2.34. The van der Waals surface area contributed by atoms with E-state index in [0.717, 1.165) is 37.5 Å². The van der Waals surface area contributed by atoms with Gasteiger partial charge in [-0.15, -0.1) is 0 Å². The molecule has 132 valence electrons. The highest BCUT2D eigenvalue weighted by molar-refractivity contribution is 5.75. The van der Waals surface area contributed by atoms with Crippen LogP contribution in [0.25, 0.3) is 0 Å². The second-order valence-electron chi connectivity index (χ2n) is 7.37. The summed E-state index contributed by atoms with van der Waals surface area (Å²) < 4.78 is 12.8. The zero-order valence-corrected chi connectivity index (χ0v) is 14.5. The van der Waals surface area contributed by atoms with Crippen molar-refractivity contribution in [3.63, 3.8) is 0 Å². The third kappa shape index (κ3) is 5.04. The van der Waals surface area contributed by atoms with Gasteiger partial charge in [0.05, 0.1) is 0 Å². The van der Waals surface area contributed by atoms with Crippen LogP contribution in [0.15, 0.2) is 24.3 Å². The van der Waals surface area contributed by atoms with E-state index >= 15 is 0 Å². The number of benzene rings is 1. The first-order valence-electron chi connectivity index (χ1n) is 9.46. The van der Waals surface area contributed by atoms with Gasteiger partial charge in [0.1, 0.15) is 5.82 Å². The smallest absolute Gasteiger partial charge is 0.220 e. The van der Waals surface area contributed by atoms with Crippen molar-refractivity contribution >= 4 is 5.91 Å². The number of hydrogen-bond acceptors (Lipinski definition) is 2. The lowest BCUT2D eigenvalue weighted by Gasteiger charge is -2.23. The van der Waals surface area contributed by atoms with Crippen LogP contribution in [0.2, 0.25) is 0 Å². The monoisotopic (exact) mass is 332 g/mol. The number of likely N-dealkylation sites (tertiary alicyclic amines) is 1. The Morgan fingerprint density at radius 3 is 2.67 bits per heavy atom. The van der Waals surface area contributed by atoms with Crippen LogP contribution < -0.4 is 5.32 Å². The van der Waals surface area contributed by atoms with Crippen molar-refractivity contribution in [2.45, 2.75) is 57.4 Å². The van der Waals surface area contributed by atoms with Crippen molar-refractivity contribution < 1.29 is 9.18 Å². The minimum atomic E-state index is -0.209. The van der Waals surface area contributed by atoms with Gasteiger partial charge in [-0.3, -0.25) is 4.79 Å². The van der Waals surface area contributed by atoms with Gasteiger partial charge in [0.25, 0.3) is 0 Å². The Hall–Kier alpha value is -1.42. The Balaban J connectivity index is 1.29. The third-order valence-electron chi connectivity index (χ3n) is 5.53. The molecule has 0 bridgehead atoms. The molecule has 1 aliphatic carbocycles. The Bertz CT molecular complexity index is 525. The lowest BCUT2D eigenvalue weighted by atomic mass is 10.1. The van der Waals surface area contributed by atoms with Gasteiger partial charge in [-0.05, 0) is 62.3 Å². The summed E-state index contributed by atoms with van der Waals surface area (Å²) in [5.41, 5.74) is 1.09. The second-order valence-corrected chi connectivity index (χ2v) is 7.37. The van der Waals surface area contributed by atoms with E-state index in [1.807, 2.05) is 0 Å². The standard InChI is InChI=1S/C20H29FN2O/c21-18-10-8-16(9-11-18)4-3-7-20(24)22-14-17-12-13-23(15-17)19-5-1-2-6-19/h8-11,17,19H,1-7,12-15H2,(H,22,24). The minimum absolute atomic E-state index is 0.149. The molecular formula is C20H29FN2O. The first-order chi connectivity index (χ1) is 11.7. The maximum atomic E-state index is 12.8. The first kappa shape index (κ1) is 17.4. The van der Waals surface area contributed by atoms with Gasteiger partial charge >= 0.3 is 0 Å². The first-order valence-corrected chi connectivity index (χ1v) is 9.46. The maximum absolute atomic E-state index is 12.8. The van der Waals surface area contributed by atoms with Crippen molar-refractivity contribution in [2.75, 3.05) is 19.6 Å². The quantitative estimate of drug-likeness (QED) is 0.828. The highest BCUT2D eigenvalue weighted by Gasteiger charge is 2.29. The van der Waals surface area contributed by atoms with Crippen molar-refractivity contribution in [1.29, 1.82) is 0 Å². The van der Waals surface area contributed by atoms with Crippen LogP contribution in [0.5, 0.6) is 0 Å². The molecule has 3 nitrogen and oxygen atoms in total. The second kappa shape index (κ2) is 8.61. The van der Waals surface area contributed by atoms with E-state index in [1.165, 1.54) is 50.8 Å². The van der Waals surface area contributed by atoms with Gasteiger partial charge in [-0.2, -0.15) is 0 Å². The Kier molecular flexibility index (Phi) is 6.24. The third-order valence-corrected chi connectivity index (χ3v) is 5.53. The molecule has 0 spiro atoms. The zero-order chi connectivity index (χ0) is 16.8. The molecule has 1 saturated heterocycles. The van der Waals surface area contributed by atoms with Gasteiger partial charge < -0.3 is 10.2 Å². The molecule has 2 aliphatic rings. The van der Waals surface area contributed by atoms with Crippen LogP contribution in [-0.2, 0) is 11.2 Å². The molecule has 1 amide bonds. The van der Waals surface area contributed by atoms with Crippen molar-refractivity contribution in [2.24, 2.45) is 5.92 Å². The van der Waals surface area contributed by atoms with E-state index in [1.54, 1.807) is 12.1 Å². The average molecular weight is 332 g/mol. The Morgan fingerprint density at radius 1 is 1.17 bits per heavy atom. The van der Waals surface area contributed by atoms with Gasteiger partial charge in [-0.25, -0.2) is 4.39 Å². The van der Waals surface area contributed by atoms with E-state index < -0.39 is 0 Å². The van der Waals surface area contributed by atoms with Crippen molar-refractivity contribution in [1.82, 2.24) is 10.2 Å². The van der Waals surface area contributed by atoms with E-state index in [9.17, 15) is 9.18 Å². The van der Waals surface area contributed by atoms with E-state index in [-0.39, 0.29) is 11.7 Å². The van der Waals surface area contributed by atoms with Crippen molar-refractivity contribution in [3.05, 3.63) is 35.6 Å². The molecule has 1 aliphatic heterocycles. The molecule has 4 heteroatoms. The van der Waals surface area contributed by atoms with Crippen LogP contribution in [-0.4, -0.2) is 36.5 Å². The number of halogens is 1. The number of rotatable bonds is 7. The molecule has 1 atom stereocenters. The van der Waals surface area contributed by atoms with E-state index in [2.05, 4.69) is 10.2 Å². The molecule has 1 aromatic rings. The molecule has 1 N–H and O–H groups in total. The highest BCUT2D eigenvalue weighted by atomic mass is 19.1. The molecule has 24 heavy (non-hydrogen) atoms. The van der Waals surface area contributed by atoms with Gasteiger partial charge in [0.2, 0.25) is 5.91 Å². The number of carbonyl (C=O) groups excluding carboxylic acids is 1. The van der Waals surface area contributed by atoms with Crippen LogP contribution in [0, 0.1) is 11.7 Å². The molecule has 1 heterocycles. The predicted octanol–water partition coefficient (Wildman–Crippen LogP) is 3.53. The van der Waals surface area contributed by atoms with Crippen LogP contribution >= 0.6 is 0 Å². The number of aryl methyl sites for hydroxylation is 1. The number of carbonyl (C=O) groups is 1. The van der Waals surface area contributed by atoms with E-state index in [4.69, 9.17) is 0 Å². The average Bonchev–Trinajstić information content (AvgIpc) is 3.26. The fourth-order valence-corrected chi connectivity index (χ4v) is 4.08. The topological polar surface area (TPSA) is 32.3 Å². The van der Waals surface area contributed by atoms with Crippen LogP contribution in [0.1, 0.15) is 50.5 Å². The lowest BCUT2D eigenvalue weighted by molar-refractivity contribution is -0.121. The summed E-state index contributed by atoms with van der Waals surface area (Å²) in [5, 5.41) is 3.11. The molecule has 3 rings (SSSR count). The summed E-state index contributed by atoms with van der Waals surface area (Å²) in [6.45, 7) is 3.18.